The molecule has 1 atom stereocenters. The lowest BCUT2D eigenvalue weighted by molar-refractivity contribution is -0.152. The third-order valence-corrected chi connectivity index (χ3v) is 5.06. The zero-order valence-electron chi connectivity index (χ0n) is 14.1. The van der Waals surface area contributed by atoms with Crippen LogP contribution in [0.3, 0.4) is 0 Å². The normalized spacial score (nSPS) is 15.0. The third kappa shape index (κ3) is 3.60. The predicted molar refractivity (Wildman–Crippen MR) is 95.4 cm³/mol. The summed E-state index contributed by atoms with van der Waals surface area (Å²) in [5.74, 6) is 0.532. The number of ether oxygens (including phenoxy) is 2. The van der Waals surface area contributed by atoms with E-state index in [9.17, 15) is 9.59 Å². The van der Waals surface area contributed by atoms with Crippen LogP contribution in [0.15, 0.2) is 41.2 Å². The second-order valence-corrected chi connectivity index (χ2v) is 7.16. The minimum absolute atomic E-state index is 0.0796. The topological polar surface area (TPSA) is 82.8 Å². The Balaban J connectivity index is 1.42. The zero-order valence-corrected chi connectivity index (χ0v) is 14.9. The lowest BCUT2D eigenvalue weighted by atomic mass is 10.3. The number of aromatic nitrogens is 3. The van der Waals surface area contributed by atoms with E-state index in [2.05, 4.69) is 10.1 Å². The van der Waals surface area contributed by atoms with Gasteiger partial charge in [-0.15, -0.1) is 0 Å². The molecule has 0 saturated heterocycles. The first-order valence-corrected chi connectivity index (χ1v) is 9.20. The van der Waals surface area contributed by atoms with Crippen LogP contribution in [-0.2, 0) is 16.1 Å². The molecule has 0 aliphatic heterocycles. The molecule has 2 aromatic heterocycles. The highest BCUT2D eigenvalue weighted by Crippen LogP contribution is 2.41. The minimum Gasteiger partial charge on any atom is -0.479 e. The molecule has 1 aromatic carbocycles. The maximum atomic E-state index is 12.2. The number of fused-ring (bicyclic) bond motifs is 1. The van der Waals surface area contributed by atoms with Crippen molar-refractivity contribution in [2.45, 2.75) is 38.4 Å². The molecule has 0 radical (unpaired) electrons. The van der Waals surface area contributed by atoms with Crippen molar-refractivity contribution in [1.82, 2.24) is 14.6 Å². The summed E-state index contributed by atoms with van der Waals surface area (Å²) in [6, 6.07) is 10.4. The summed E-state index contributed by atoms with van der Waals surface area (Å²) in [5.41, 5.74) is 0.138. The summed E-state index contributed by atoms with van der Waals surface area (Å²) < 4.78 is 12.1. The van der Waals surface area contributed by atoms with Gasteiger partial charge in [0.25, 0.3) is 5.56 Å². The lowest BCUT2D eigenvalue weighted by Crippen LogP contribution is -2.26. The maximum absolute atomic E-state index is 12.2. The third-order valence-electron chi connectivity index (χ3n) is 3.99. The Kier molecular flexibility index (Phi) is 4.42. The molecule has 0 amide bonds. The van der Waals surface area contributed by atoms with Crippen LogP contribution in [0.2, 0.25) is 0 Å². The number of benzene rings is 1. The van der Waals surface area contributed by atoms with Crippen molar-refractivity contribution >= 4 is 22.3 Å². The van der Waals surface area contributed by atoms with Gasteiger partial charge in [-0.05, 0) is 31.9 Å². The lowest BCUT2D eigenvalue weighted by Gasteiger charge is -2.13. The smallest absolute Gasteiger partial charge is 0.347 e. The molecule has 2 heterocycles. The quantitative estimate of drug-likeness (QED) is 0.619. The highest BCUT2D eigenvalue weighted by Gasteiger charge is 2.28. The molecule has 0 unspecified atom stereocenters. The number of hydrogen-bond acceptors (Lipinski definition) is 7. The fraction of sp³-hybridized carbons (Fsp3) is 0.333. The molecule has 1 saturated carbocycles. The van der Waals surface area contributed by atoms with Gasteiger partial charge in [-0.25, -0.2) is 9.78 Å². The molecular formula is C18H17N3O4S. The van der Waals surface area contributed by atoms with Crippen molar-refractivity contribution in [3.05, 3.63) is 57.5 Å². The Labute approximate surface area is 153 Å². The van der Waals surface area contributed by atoms with Crippen LogP contribution < -0.4 is 10.3 Å². The van der Waals surface area contributed by atoms with Gasteiger partial charge in [0.2, 0.25) is 4.96 Å². The Morgan fingerprint density at radius 3 is 2.85 bits per heavy atom. The van der Waals surface area contributed by atoms with Gasteiger partial charge in [-0.2, -0.15) is 9.61 Å². The van der Waals surface area contributed by atoms with Crippen molar-refractivity contribution < 1.29 is 14.3 Å². The summed E-state index contributed by atoms with van der Waals surface area (Å²) in [6.45, 7) is 1.54. The van der Waals surface area contributed by atoms with Crippen LogP contribution >= 0.6 is 11.3 Å². The fourth-order valence-electron chi connectivity index (χ4n) is 2.45. The molecule has 1 aliphatic carbocycles. The summed E-state index contributed by atoms with van der Waals surface area (Å²) in [4.78, 5) is 29.2. The Morgan fingerprint density at radius 1 is 1.35 bits per heavy atom. The van der Waals surface area contributed by atoms with Crippen molar-refractivity contribution in [2.75, 3.05) is 0 Å². The van der Waals surface area contributed by atoms with E-state index >= 15 is 0 Å². The standard InChI is InChI=1S/C18H17N3O4S/c1-11(25-14-5-3-2-4-6-14)17(23)24-10-13-9-15(22)21-18(19-13)26-16(20-21)12-7-8-12/h2-6,9,11-12H,7-8,10H2,1H3/t11-/m1/s1. The summed E-state index contributed by atoms with van der Waals surface area (Å²) in [6.07, 6.45) is 1.46. The number of carbonyl (C=O) groups is 1. The van der Waals surface area contributed by atoms with Gasteiger partial charge in [0.1, 0.15) is 17.4 Å². The zero-order chi connectivity index (χ0) is 18.1. The van der Waals surface area contributed by atoms with E-state index in [0.29, 0.717) is 22.3 Å². The van der Waals surface area contributed by atoms with E-state index in [4.69, 9.17) is 9.47 Å². The van der Waals surface area contributed by atoms with Gasteiger partial charge in [-0.1, -0.05) is 29.5 Å². The highest BCUT2D eigenvalue weighted by atomic mass is 32.1. The van der Waals surface area contributed by atoms with Gasteiger partial charge < -0.3 is 9.47 Å². The van der Waals surface area contributed by atoms with Gasteiger partial charge in [-0.3, -0.25) is 4.79 Å². The minimum atomic E-state index is -0.757. The molecule has 0 N–H and O–H groups in total. The largest absolute Gasteiger partial charge is 0.479 e. The second-order valence-electron chi connectivity index (χ2n) is 6.18. The molecule has 7 nitrogen and oxygen atoms in total. The first-order chi connectivity index (χ1) is 12.6. The summed E-state index contributed by atoms with van der Waals surface area (Å²) in [5, 5.41) is 5.26. The monoisotopic (exact) mass is 371 g/mol. The average molecular weight is 371 g/mol. The van der Waals surface area contributed by atoms with E-state index in [0.717, 1.165) is 17.8 Å². The molecule has 134 valence electrons. The fourth-order valence-corrected chi connectivity index (χ4v) is 3.55. The Bertz CT molecular complexity index is 995. The number of rotatable bonds is 6. The van der Waals surface area contributed by atoms with Gasteiger partial charge in [0, 0.05) is 12.0 Å². The molecule has 8 heteroatoms. The van der Waals surface area contributed by atoms with Crippen LogP contribution in [0.1, 0.15) is 36.4 Å². The number of nitrogens with zero attached hydrogens (tertiary/aromatic N) is 3. The van der Waals surface area contributed by atoms with E-state index in [1.54, 1.807) is 19.1 Å². The van der Waals surface area contributed by atoms with Gasteiger partial charge in [0.15, 0.2) is 6.10 Å². The number of hydrogen-bond donors (Lipinski definition) is 0. The molecular weight excluding hydrogens is 354 g/mol. The molecule has 1 aliphatic rings. The molecule has 3 aromatic rings. The van der Waals surface area contributed by atoms with Crippen molar-refractivity contribution in [3.8, 4) is 5.75 Å². The van der Waals surface area contributed by atoms with Crippen LogP contribution in [0.25, 0.3) is 4.96 Å². The number of esters is 1. The van der Waals surface area contributed by atoms with Crippen LogP contribution in [0, 0.1) is 0 Å². The molecule has 0 bridgehead atoms. The first-order valence-electron chi connectivity index (χ1n) is 8.38. The van der Waals surface area contributed by atoms with E-state index < -0.39 is 12.1 Å². The average Bonchev–Trinajstić information content (AvgIpc) is 3.40. The van der Waals surface area contributed by atoms with E-state index in [1.165, 1.54) is 21.9 Å². The van der Waals surface area contributed by atoms with Crippen LogP contribution in [-0.4, -0.2) is 26.7 Å². The highest BCUT2D eigenvalue weighted by molar-refractivity contribution is 7.16. The van der Waals surface area contributed by atoms with Gasteiger partial charge >= 0.3 is 5.97 Å². The SMILES string of the molecule is C[C@@H](Oc1ccccc1)C(=O)OCc1cc(=O)n2nc(C3CC3)sc2n1. The van der Waals surface area contributed by atoms with Crippen molar-refractivity contribution in [2.24, 2.45) is 0 Å². The number of carbonyl (C=O) groups excluding carboxylic acids is 1. The van der Waals surface area contributed by atoms with Crippen LogP contribution in [0.4, 0.5) is 0 Å². The van der Waals surface area contributed by atoms with Gasteiger partial charge in [0.05, 0.1) is 5.69 Å². The Hall–Kier alpha value is -2.74. The molecule has 4 rings (SSSR count). The molecule has 1 fully saturated rings. The maximum Gasteiger partial charge on any atom is 0.347 e. The predicted octanol–water partition coefficient (Wildman–Crippen LogP) is 2.54. The van der Waals surface area contributed by atoms with Crippen molar-refractivity contribution in [3.63, 3.8) is 0 Å². The molecule has 26 heavy (non-hydrogen) atoms. The second kappa shape index (κ2) is 6.87. The molecule has 0 spiro atoms. The number of para-hydroxylation sites is 1. The van der Waals surface area contributed by atoms with Crippen molar-refractivity contribution in [1.29, 1.82) is 0 Å². The summed E-state index contributed by atoms with van der Waals surface area (Å²) in [7, 11) is 0. The van der Waals surface area contributed by atoms with E-state index in [-0.39, 0.29) is 12.2 Å². The summed E-state index contributed by atoms with van der Waals surface area (Å²) >= 11 is 1.41. The first kappa shape index (κ1) is 16.7. The Morgan fingerprint density at radius 2 is 2.12 bits per heavy atom. The van der Waals surface area contributed by atoms with Crippen LogP contribution in [0.5, 0.6) is 5.75 Å². The van der Waals surface area contributed by atoms with E-state index in [1.807, 2.05) is 18.2 Å².